The molecule has 27 heavy (non-hydrogen) atoms. The third-order valence-electron chi connectivity index (χ3n) is 3.74. The summed E-state index contributed by atoms with van der Waals surface area (Å²) in [5, 5.41) is 13.6. The summed E-state index contributed by atoms with van der Waals surface area (Å²) in [5.74, 6) is -0.539. The van der Waals surface area contributed by atoms with Crippen LogP contribution in [0.15, 0.2) is 42.5 Å². The van der Waals surface area contributed by atoms with Crippen molar-refractivity contribution >= 4 is 35.0 Å². The molecule has 0 aromatic heterocycles. The van der Waals surface area contributed by atoms with Crippen LogP contribution in [0.3, 0.4) is 0 Å². The first-order chi connectivity index (χ1) is 12.8. The first-order valence-corrected chi connectivity index (χ1v) is 8.95. The van der Waals surface area contributed by atoms with Crippen LogP contribution in [0.2, 0.25) is 10.0 Å². The van der Waals surface area contributed by atoms with Crippen LogP contribution in [-0.2, 0) is 16.0 Å². The molecule has 144 valence electrons. The van der Waals surface area contributed by atoms with E-state index in [1.807, 2.05) is 19.1 Å². The van der Waals surface area contributed by atoms with E-state index in [2.05, 4.69) is 5.32 Å². The lowest BCUT2D eigenvalue weighted by atomic mass is 10.1. The normalized spacial score (nSPS) is 12.9. The average molecular weight is 411 g/mol. The van der Waals surface area contributed by atoms with E-state index >= 15 is 0 Å². The minimum Gasteiger partial charge on any atom is -0.484 e. The van der Waals surface area contributed by atoms with Crippen LogP contribution in [0.4, 0.5) is 0 Å². The number of hydrogen-bond acceptors (Lipinski definition) is 4. The fraction of sp³-hybridized carbons (Fsp3) is 0.263. The first-order valence-electron chi connectivity index (χ1n) is 8.19. The van der Waals surface area contributed by atoms with Crippen molar-refractivity contribution in [2.75, 3.05) is 6.61 Å². The minimum absolute atomic E-state index is 0.182. The number of benzene rings is 2. The lowest BCUT2D eigenvalue weighted by Gasteiger charge is -2.18. The molecule has 0 fully saturated rings. The second kappa shape index (κ2) is 9.60. The van der Waals surface area contributed by atoms with Gasteiger partial charge in [-0.2, -0.15) is 0 Å². The Labute approximate surface area is 167 Å². The molecule has 0 radical (unpaired) electrons. The molecule has 2 aromatic rings. The van der Waals surface area contributed by atoms with E-state index in [0.717, 1.165) is 5.56 Å². The summed E-state index contributed by atoms with van der Waals surface area (Å²) in [7, 11) is 0. The summed E-state index contributed by atoms with van der Waals surface area (Å²) in [4.78, 5) is 22.9. The van der Waals surface area contributed by atoms with Crippen molar-refractivity contribution in [3.8, 4) is 5.75 Å². The largest absolute Gasteiger partial charge is 0.484 e. The van der Waals surface area contributed by atoms with E-state index in [4.69, 9.17) is 33.7 Å². The van der Waals surface area contributed by atoms with E-state index in [-0.39, 0.29) is 17.7 Å². The van der Waals surface area contributed by atoms with Crippen LogP contribution in [0.25, 0.3) is 0 Å². The fourth-order valence-corrected chi connectivity index (χ4v) is 2.74. The highest BCUT2D eigenvalue weighted by Crippen LogP contribution is 2.25. The molecule has 4 N–H and O–H groups in total. The van der Waals surface area contributed by atoms with Crippen LogP contribution in [-0.4, -0.2) is 29.6 Å². The predicted molar refractivity (Wildman–Crippen MR) is 104 cm³/mol. The highest BCUT2D eigenvalue weighted by Gasteiger charge is 2.20. The van der Waals surface area contributed by atoms with Crippen molar-refractivity contribution in [2.24, 2.45) is 5.73 Å². The Hall–Kier alpha value is -2.28. The van der Waals surface area contributed by atoms with Gasteiger partial charge in [0.15, 0.2) is 12.7 Å². The summed E-state index contributed by atoms with van der Waals surface area (Å²) < 4.78 is 5.19. The Balaban J connectivity index is 1.90. The van der Waals surface area contributed by atoms with Crippen LogP contribution in [0.1, 0.15) is 24.2 Å². The van der Waals surface area contributed by atoms with Crippen LogP contribution in [0.5, 0.6) is 5.75 Å². The summed E-state index contributed by atoms with van der Waals surface area (Å²) in [5.41, 5.74) is 6.35. The number of carbonyl (C=O) groups is 2. The Morgan fingerprint density at radius 1 is 1.15 bits per heavy atom. The van der Waals surface area contributed by atoms with Crippen LogP contribution >= 0.6 is 23.2 Å². The SMILES string of the molecule is C[C@H](Cc1ccc(OCC(N)=O)cc1)NC(=O)[C@H](O)c1ccc(Cl)c(Cl)c1. The van der Waals surface area contributed by atoms with Gasteiger partial charge >= 0.3 is 0 Å². The second-order valence-electron chi connectivity index (χ2n) is 6.09. The Bertz CT molecular complexity index is 812. The summed E-state index contributed by atoms with van der Waals surface area (Å²) in [6.45, 7) is 1.65. The zero-order valence-electron chi connectivity index (χ0n) is 14.6. The maximum atomic E-state index is 12.2. The summed E-state index contributed by atoms with van der Waals surface area (Å²) in [6, 6.07) is 11.4. The summed E-state index contributed by atoms with van der Waals surface area (Å²) >= 11 is 11.8. The zero-order valence-corrected chi connectivity index (χ0v) is 16.1. The molecule has 0 bridgehead atoms. The standard InChI is InChI=1S/C19H20Cl2N2O4/c1-11(8-12-2-5-14(6-3-12)27-10-17(22)24)23-19(26)18(25)13-4-7-15(20)16(21)9-13/h2-7,9,11,18,25H,8,10H2,1H3,(H2,22,24)(H,23,26)/t11-,18-/m1/s1. The molecular weight excluding hydrogens is 391 g/mol. The highest BCUT2D eigenvalue weighted by atomic mass is 35.5. The lowest BCUT2D eigenvalue weighted by Crippen LogP contribution is -2.37. The van der Waals surface area contributed by atoms with Gasteiger partial charge in [-0.1, -0.05) is 41.4 Å². The number of halogens is 2. The molecule has 0 unspecified atom stereocenters. The van der Waals surface area contributed by atoms with Gasteiger partial charge in [0.05, 0.1) is 10.0 Å². The maximum Gasteiger partial charge on any atom is 0.255 e. The molecule has 0 heterocycles. The number of nitrogens with one attached hydrogen (secondary N) is 1. The fourth-order valence-electron chi connectivity index (χ4n) is 2.44. The van der Waals surface area contributed by atoms with Crippen LogP contribution in [0, 0.1) is 0 Å². The van der Waals surface area contributed by atoms with Crippen molar-refractivity contribution in [2.45, 2.75) is 25.5 Å². The van der Waals surface area contributed by atoms with Gasteiger partial charge in [0.25, 0.3) is 11.8 Å². The van der Waals surface area contributed by atoms with Crippen molar-refractivity contribution in [3.63, 3.8) is 0 Å². The van der Waals surface area contributed by atoms with Gasteiger partial charge < -0.3 is 20.9 Å². The molecule has 8 heteroatoms. The molecule has 0 spiro atoms. The monoisotopic (exact) mass is 410 g/mol. The molecule has 2 amide bonds. The Morgan fingerprint density at radius 3 is 2.41 bits per heavy atom. The van der Waals surface area contributed by atoms with Gasteiger partial charge in [-0.05, 0) is 48.7 Å². The number of aliphatic hydroxyl groups excluding tert-OH is 1. The minimum atomic E-state index is -1.34. The molecule has 0 aliphatic heterocycles. The van der Waals surface area contributed by atoms with E-state index in [1.165, 1.54) is 12.1 Å². The molecule has 6 nitrogen and oxygen atoms in total. The molecule has 0 aliphatic carbocycles. The van der Waals surface area contributed by atoms with Crippen molar-refractivity contribution in [1.82, 2.24) is 5.32 Å². The lowest BCUT2D eigenvalue weighted by molar-refractivity contribution is -0.130. The number of primary amides is 1. The summed E-state index contributed by atoms with van der Waals surface area (Å²) in [6.07, 6.45) is -0.789. The number of carbonyl (C=O) groups excluding carboxylic acids is 2. The third kappa shape index (κ3) is 6.43. The Morgan fingerprint density at radius 2 is 1.81 bits per heavy atom. The predicted octanol–water partition coefficient (Wildman–Crippen LogP) is 2.64. The molecule has 0 saturated heterocycles. The van der Waals surface area contributed by atoms with E-state index in [1.54, 1.807) is 18.2 Å². The van der Waals surface area contributed by atoms with E-state index in [0.29, 0.717) is 22.8 Å². The van der Waals surface area contributed by atoms with Crippen molar-refractivity contribution < 1.29 is 19.4 Å². The van der Waals surface area contributed by atoms with Crippen molar-refractivity contribution in [3.05, 3.63) is 63.6 Å². The molecule has 2 rings (SSSR count). The topological polar surface area (TPSA) is 102 Å². The number of nitrogens with two attached hydrogens (primary N) is 1. The number of aliphatic hydroxyl groups is 1. The number of hydrogen-bond donors (Lipinski definition) is 3. The second-order valence-corrected chi connectivity index (χ2v) is 6.90. The Kier molecular flexibility index (Phi) is 7.47. The molecular formula is C19H20Cl2N2O4. The van der Waals surface area contributed by atoms with Gasteiger partial charge in [0.1, 0.15) is 5.75 Å². The van der Waals surface area contributed by atoms with E-state index < -0.39 is 17.9 Å². The average Bonchev–Trinajstić information content (AvgIpc) is 2.62. The zero-order chi connectivity index (χ0) is 20.0. The highest BCUT2D eigenvalue weighted by molar-refractivity contribution is 6.42. The number of rotatable bonds is 8. The number of amides is 2. The molecule has 0 aliphatic rings. The van der Waals surface area contributed by atoms with Gasteiger partial charge in [-0.25, -0.2) is 0 Å². The van der Waals surface area contributed by atoms with Crippen molar-refractivity contribution in [1.29, 1.82) is 0 Å². The first kappa shape index (κ1) is 21.0. The van der Waals surface area contributed by atoms with E-state index in [9.17, 15) is 14.7 Å². The third-order valence-corrected chi connectivity index (χ3v) is 4.48. The molecule has 0 saturated carbocycles. The quantitative estimate of drug-likeness (QED) is 0.622. The molecule has 2 aromatic carbocycles. The molecule has 2 atom stereocenters. The smallest absolute Gasteiger partial charge is 0.255 e. The number of ether oxygens (including phenoxy) is 1. The maximum absolute atomic E-state index is 12.2. The van der Waals surface area contributed by atoms with Gasteiger partial charge in [-0.15, -0.1) is 0 Å². The van der Waals surface area contributed by atoms with Crippen LogP contribution < -0.4 is 15.8 Å². The van der Waals surface area contributed by atoms with Gasteiger partial charge in [0, 0.05) is 6.04 Å². The van der Waals surface area contributed by atoms with Gasteiger partial charge in [-0.3, -0.25) is 9.59 Å². The van der Waals surface area contributed by atoms with Gasteiger partial charge in [0.2, 0.25) is 0 Å².